The van der Waals surface area contributed by atoms with Crippen LogP contribution in [0.3, 0.4) is 0 Å². The fraction of sp³-hybridized carbons (Fsp3) is 0.423. The van der Waals surface area contributed by atoms with Crippen molar-refractivity contribution in [3.8, 4) is 0 Å². The lowest BCUT2D eigenvalue weighted by molar-refractivity contribution is -0.275. The lowest BCUT2D eigenvalue weighted by atomic mass is 9.55. The van der Waals surface area contributed by atoms with Gasteiger partial charge in [0.2, 0.25) is 0 Å². The molecule has 7 heteroatoms. The SMILES string of the molecule is O=C1CC(c2cccc(Br)c2)C2(C(=O)OC3(CCCCC3)OC2=O)C(c2cccc(Br)c2)C1. The summed E-state index contributed by atoms with van der Waals surface area (Å²) in [4.78, 5) is 41.1. The van der Waals surface area contributed by atoms with Crippen LogP contribution in [0.5, 0.6) is 0 Å². The number of hydrogen-bond donors (Lipinski definition) is 0. The van der Waals surface area contributed by atoms with Crippen LogP contribution in [-0.2, 0) is 23.9 Å². The molecule has 1 saturated heterocycles. The molecule has 5 nitrogen and oxygen atoms in total. The third-order valence-corrected chi connectivity index (χ3v) is 8.30. The molecule has 2 saturated carbocycles. The Morgan fingerprint density at radius 1 is 0.727 bits per heavy atom. The average Bonchev–Trinajstić information content (AvgIpc) is 2.78. The van der Waals surface area contributed by atoms with Crippen LogP contribution in [0.2, 0.25) is 0 Å². The summed E-state index contributed by atoms with van der Waals surface area (Å²) in [5.41, 5.74) is -0.144. The predicted molar refractivity (Wildman–Crippen MR) is 128 cm³/mol. The molecule has 0 bridgehead atoms. The number of ketones is 1. The van der Waals surface area contributed by atoms with E-state index in [1.165, 1.54) is 0 Å². The van der Waals surface area contributed by atoms with Gasteiger partial charge in [0.05, 0.1) is 0 Å². The Morgan fingerprint density at radius 3 is 1.67 bits per heavy atom. The minimum Gasteiger partial charge on any atom is -0.422 e. The zero-order valence-corrected chi connectivity index (χ0v) is 21.2. The van der Waals surface area contributed by atoms with Gasteiger partial charge < -0.3 is 9.47 Å². The zero-order chi connectivity index (χ0) is 23.2. The zero-order valence-electron chi connectivity index (χ0n) is 18.0. The van der Waals surface area contributed by atoms with Gasteiger partial charge in [-0.2, -0.15) is 0 Å². The Balaban J connectivity index is 1.69. The van der Waals surface area contributed by atoms with Crippen molar-refractivity contribution in [3.05, 3.63) is 68.6 Å². The Morgan fingerprint density at radius 2 is 1.21 bits per heavy atom. The van der Waals surface area contributed by atoms with Gasteiger partial charge in [-0.1, -0.05) is 62.5 Å². The van der Waals surface area contributed by atoms with Crippen molar-refractivity contribution in [2.24, 2.45) is 5.41 Å². The molecule has 2 aliphatic carbocycles. The summed E-state index contributed by atoms with van der Waals surface area (Å²) in [6.45, 7) is 0. The lowest BCUT2D eigenvalue weighted by Crippen LogP contribution is -2.62. The number of halogens is 2. The minimum absolute atomic E-state index is 0.00845. The number of carbonyl (C=O) groups is 3. The van der Waals surface area contributed by atoms with E-state index in [0.717, 1.165) is 39.3 Å². The molecule has 2 spiro atoms. The van der Waals surface area contributed by atoms with Crippen LogP contribution in [0.25, 0.3) is 0 Å². The van der Waals surface area contributed by atoms with E-state index in [2.05, 4.69) is 31.9 Å². The number of rotatable bonds is 2. The van der Waals surface area contributed by atoms with Crippen LogP contribution in [0.15, 0.2) is 57.5 Å². The Labute approximate surface area is 209 Å². The lowest BCUT2D eigenvalue weighted by Gasteiger charge is -2.52. The minimum atomic E-state index is -1.63. The molecule has 0 amide bonds. The molecule has 0 N–H and O–H groups in total. The van der Waals surface area contributed by atoms with E-state index in [-0.39, 0.29) is 18.6 Å². The second-order valence-corrected chi connectivity index (χ2v) is 11.1. The first-order valence-corrected chi connectivity index (χ1v) is 12.9. The molecule has 33 heavy (non-hydrogen) atoms. The molecule has 1 aliphatic heterocycles. The monoisotopic (exact) mass is 574 g/mol. The van der Waals surface area contributed by atoms with Gasteiger partial charge in [-0.25, -0.2) is 0 Å². The fourth-order valence-electron chi connectivity index (χ4n) is 5.79. The predicted octanol–water partition coefficient (Wildman–Crippen LogP) is 6.19. The van der Waals surface area contributed by atoms with Crippen molar-refractivity contribution in [1.82, 2.24) is 0 Å². The highest BCUT2D eigenvalue weighted by molar-refractivity contribution is 9.10. The highest BCUT2D eigenvalue weighted by Gasteiger charge is 2.68. The van der Waals surface area contributed by atoms with Gasteiger partial charge in [0.25, 0.3) is 5.79 Å². The largest absolute Gasteiger partial charge is 0.422 e. The molecule has 5 rings (SSSR count). The molecule has 0 radical (unpaired) electrons. The topological polar surface area (TPSA) is 69.7 Å². The molecule has 2 aromatic rings. The third-order valence-electron chi connectivity index (χ3n) is 7.31. The van der Waals surface area contributed by atoms with Gasteiger partial charge in [0.1, 0.15) is 5.78 Å². The average molecular weight is 576 g/mol. The first-order valence-electron chi connectivity index (χ1n) is 11.3. The van der Waals surface area contributed by atoms with Crippen LogP contribution in [0, 0.1) is 5.41 Å². The summed E-state index contributed by atoms with van der Waals surface area (Å²) in [7, 11) is 0. The molecule has 172 valence electrons. The third kappa shape index (κ3) is 3.87. The maximum atomic E-state index is 14.0. The van der Waals surface area contributed by atoms with Gasteiger partial charge in [0.15, 0.2) is 5.41 Å². The molecule has 3 fully saturated rings. The van der Waals surface area contributed by atoms with Crippen molar-refractivity contribution in [2.75, 3.05) is 0 Å². The molecule has 1 heterocycles. The van der Waals surface area contributed by atoms with Crippen LogP contribution in [0.4, 0.5) is 0 Å². The number of carbonyl (C=O) groups excluding carboxylic acids is 3. The molecule has 3 aliphatic rings. The van der Waals surface area contributed by atoms with E-state index >= 15 is 0 Å². The highest BCUT2D eigenvalue weighted by atomic mass is 79.9. The van der Waals surface area contributed by atoms with Crippen LogP contribution < -0.4 is 0 Å². The normalized spacial score (nSPS) is 26.2. The van der Waals surface area contributed by atoms with Crippen LogP contribution in [-0.4, -0.2) is 23.5 Å². The maximum Gasteiger partial charge on any atom is 0.328 e. The van der Waals surface area contributed by atoms with E-state index in [9.17, 15) is 14.4 Å². The van der Waals surface area contributed by atoms with Crippen LogP contribution >= 0.6 is 31.9 Å². The molecular weight excluding hydrogens is 552 g/mol. The van der Waals surface area contributed by atoms with Crippen LogP contribution in [0.1, 0.15) is 67.9 Å². The molecule has 0 aromatic heterocycles. The molecule has 2 aromatic carbocycles. The van der Waals surface area contributed by atoms with Crippen molar-refractivity contribution in [2.45, 2.75) is 62.6 Å². The van der Waals surface area contributed by atoms with Gasteiger partial charge in [-0.3, -0.25) is 14.4 Å². The quantitative estimate of drug-likeness (QED) is 0.315. The van der Waals surface area contributed by atoms with Gasteiger partial charge in [-0.05, 0) is 48.2 Å². The van der Waals surface area contributed by atoms with E-state index in [1.807, 2.05) is 48.5 Å². The number of esters is 2. The summed E-state index contributed by atoms with van der Waals surface area (Å²) in [5, 5.41) is 0. The van der Waals surface area contributed by atoms with E-state index in [1.54, 1.807) is 0 Å². The van der Waals surface area contributed by atoms with Crippen molar-refractivity contribution >= 4 is 49.6 Å². The first-order chi connectivity index (χ1) is 15.8. The Kier molecular flexibility index (Phi) is 5.98. The number of Topliss-reactive ketones (excluding diaryl/α,β-unsaturated/α-hetero) is 1. The summed E-state index contributed by atoms with van der Waals surface area (Å²) in [5.74, 6) is -3.66. The standard InChI is InChI=1S/C26H24Br2O5/c27-18-8-4-6-16(12-18)21-14-20(29)15-22(17-7-5-9-19(28)13-17)26(21)23(30)32-25(33-24(26)31)10-2-1-3-11-25/h4-9,12-13,21-22H,1-3,10-11,14-15H2. The van der Waals surface area contributed by atoms with Gasteiger partial charge >= 0.3 is 11.9 Å². The molecule has 2 unspecified atom stereocenters. The number of hydrogen-bond acceptors (Lipinski definition) is 5. The summed E-state index contributed by atoms with van der Waals surface area (Å²) >= 11 is 6.98. The summed E-state index contributed by atoms with van der Waals surface area (Å²) < 4.78 is 13.7. The second-order valence-electron chi connectivity index (χ2n) is 9.28. The second kappa shape index (κ2) is 8.66. The van der Waals surface area contributed by atoms with E-state index < -0.39 is 35.0 Å². The first kappa shape index (κ1) is 22.8. The highest BCUT2D eigenvalue weighted by Crippen LogP contribution is 2.59. The van der Waals surface area contributed by atoms with Gasteiger partial charge in [-0.15, -0.1) is 0 Å². The summed E-state index contributed by atoms with van der Waals surface area (Å²) in [6.07, 6.45) is 3.91. The van der Waals surface area contributed by atoms with Crippen molar-refractivity contribution in [3.63, 3.8) is 0 Å². The van der Waals surface area contributed by atoms with Gasteiger partial charge in [0, 0.05) is 46.5 Å². The Bertz CT molecular complexity index is 1040. The fourth-order valence-corrected chi connectivity index (χ4v) is 6.62. The maximum absolute atomic E-state index is 14.0. The van der Waals surface area contributed by atoms with Crippen molar-refractivity contribution < 1.29 is 23.9 Å². The molecule has 2 atom stereocenters. The Hall–Kier alpha value is -1.99. The van der Waals surface area contributed by atoms with E-state index in [4.69, 9.17) is 9.47 Å². The number of benzene rings is 2. The summed E-state index contributed by atoms with van der Waals surface area (Å²) in [6, 6.07) is 14.9. The van der Waals surface area contributed by atoms with E-state index in [0.29, 0.717) is 12.8 Å². The van der Waals surface area contributed by atoms with Crippen molar-refractivity contribution in [1.29, 1.82) is 0 Å². The smallest absolute Gasteiger partial charge is 0.328 e. The number of ether oxygens (including phenoxy) is 2. The molecular formula is C26H24Br2O5.